The molecule has 2 fully saturated rings. The Hall–Kier alpha value is -2.24. The van der Waals surface area contributed by atoms with Crippen molar-refractivity contribution in [1.82, 2.24) is 9.80 Å². The number of benzene rings is 2. The van der Waals surface area contributed by atoms with Crippen molar-refractivity contribution in [2.24, 2.45) is 5.92 Å². The molecule has 2 aromatic rings. The molecule has 1 amide bonds. The van der Waals surface area contributed by atoms with Gasteiger partial charge in [-0.2, -0.15) is 0 Å². The fraction of sp³-hybridized carbons (Fsp3) is 0.458. The van der Waals surface area contributed by atoms with Gasteiger partial charge in [0.05, 0.1) is 13.0 Å². The molecular weight excluding hydrogens is 398 g/mol. The van der Waals surface area contributed by atoms with Crippen LogP contribution in [0.1, 0.15) is 18.4 Å². The Bertz CT molecular complexity index is 850. The van der Waals surface area contributed by atoms with E-state index in [0.29, 0.717) is 5.91 Å². The first-order valence-corrected chi connectivity index (χ1v) is 11.1. The molecule has 5 nitrogen and oxygen atoms in total. The molecule has 2 aliphatic rings. The molecule has 0 N–H and O–H groups in total. The van der Waals surface area contributed by atoms with Gasteiger partial charge in [-0.05, 0) is 61.3 Å². The van der Waals surface area contributed by atoms with Gasteiger partial charge in [-0.25, -0.2) is 0 Å². The van der Waals surface area contributed by atoms with E-state index in [0.717, 1.165) is 69.4 Å². The maximum absolute atomic E-state index is 13.2. The lowest BCUT2D eigenvalue weighted by Crippen LogP contribution is -2.52. The van der Waals surface area contributed by atoms with Crippen molar-refractivity contribution in [2.45, 2.75) is 19.4 Å². The number of likely N-dealkylation sites (tertiary alicyclic amines) is 1. The van der Waals surface area contributed by atoms with Gasteiger partial charge < -0.3 is 14.5 Å². The van der Waals surface area contributed by atoms with Crippen LogP contribution in [0.3, 0.4) is 0 Å². The number of carbonyl (C=O) groups is 1. The molecule has 6 heteroatoms. The summed E-state index contributed by atoms with van der Waals surface area (Å²) < 4.78 is 5.24. The van der Waals surface area contributed by atoms with Crippen molar-refractivity contribution in [3.05, 3.63) is 59.1 Å². The number of amides is 1. The summed E-state index contributed by atoms with van der Waals surface area (Å²) in [5.41, 5.74) is 2.40. The molecule has 2 heterocycles. The zero-order valence-electron chi connectivity index (χ0n) is 17.6. The first-order valence-electron chi connectivity index (χ1n) is 10.8. The number of halogens is 1. The van der Waals surface area contributed by atoms with Crippen LogP contribution in [-0.4, -0.2) is 62.1 Å². The molecule has 0 radical (unpaired) electrons. The van der Waals surface area contributed by atoms with Gasteiger partial charge in [0, 0.05) is 50.0 Å². The normalized spacial score (nSPS) is 20.3. The number of hydrogen-bond donors (Lipinski definition) is 0. The minimum absolute atomic E-state index is 0.102. The van der Waals surface area contributed by atoms with E-state index in [1.807, 2.05) is 30.3 Å². The summed E-state index contributed by atoms with van der Waals surface area (Å²) in [4.78, 5) is 20.0. The second kappa shape index (κ2) is 9.71. The van der Waals surface area contributed by atoms with Crippen LogP contribution in [0.2, 0.25) is 5.02 Å². The van der Waals surface area contributed by atoms with Crippen LogP contribution in [0.4, 0.5) is 5.69 Å². The van der Waals surface area contributed by atoms with Crippen LogP contribution >= 0.6 is 11.6 Å². The summed E-state index contributed by atoms with van der Waals surface area (Å²) >= 11 is 6.12. The highest BCUT2D eigenvalue weighted by molar-refractivity contribution is 6.30. The van der Waals surface area contributed by atoms with Gasteiger partial charge in [0.1, 0.15) is 5.75 Å². The molecule has 0 aromatic heterocycles. The third-order valence-electron chi connectivity index (χ3n) is 6.18. The fourth-order valence-electron chi connectivity index (χ4n) is 4.53. The van der Waals surface area contributed by atoms with E-state index in [1.165, 1.54) is 11.3 Å². The topological polar surface area (TPSA) is 36.0 Å². The number of nitrogens with zero attached hydrogens (tertiary/aromatic N) is 3. The average Bonchev–Trinajstić information content (AvgIpc) is 2.79. The first kappa shape index (κ1) is 21.0. The van der Waals surface area contributed by atoms with Gasteiger partial charge in [0.25, 0.3) is 0 Å². The van der Waals surface area contributed by atoms with Crippen LogP contribution < -0.4 is 9.64 Å². The molecule has 160 valence electrons. The number of anilines is 1. The lowest BCUT2D eigenvalue weighted by atomic mass is 9.95. The predicted octanol–water partition coefficient (Wildman–Crippen LogP) is 3.91. The summed E-state index contributed by atoms with van der Waals surface area (Å²) in [5.74, 6) is 1.29. The molecule has 2 aliphatic heterocycles. The van der Waals surface area contributed by atoms with Crippen molar-refractivity contribution >= 4 is 23.2 Å². The van der Waals surface area contributed by atoms with Gasteiger partial charge >= 0.3 is 0 Å². The summed E-state index contributed by atoms with van der Waals surface area (Å²) in [6.07, 6.45) is 2.06. The molecular formula is C24H30ClN3O2. The highest BCUT2D eigenvalue weighted by Crippen LogP contribution is 2.24. The Morgan fingerprint density at radius 3 is 2.53 bits per heavy atom. The highest BCUT2D eigenvalue weighted by Gasteiger charge is 2.31. The van der Waals surface area contributed by atoms with E-state index in [2.05, 4.69) is 32.9 Å². The third-order valence-corrected chi connectivity index (χ3v) is 6.41. The largest absolute Gasteiger partial charge is 0.497 e. The Morgan fingerprint density at radius 1 is 1.07 bits per heavy atom. The lowest BCUT2D eigenvalue weighted by Gasteiger charge is -2.39. The second-order valence-electron chi connectivity index (χ2n) is 8.21. The first-order chi connectivity index (χ1) is 14.6. The van der Waals surface area contributed by atoms with Crippen molar-refractivity contribution in [3.63, 3.8) is 0 Å². The third kappa shape index (κ3) is 5.08. The van der Waals surface area contributed by atoms with Gasteiger partial charge in [0.15, 0.2) is 0 Å². The smallest absolute Gasteiger partial charge is 0.227 e. The molecule has 30 heavy (non-hydrogen) atoms. The van der Waals surface area contributed by atoms with E-state index in [9.17, 15) is 4.79 Å². The molecule has 4 rings (SSSR count). The number of piperidine rings is 1. The summed E-state index contributed by atoms with van der Waals surface area (Å²) in [6.45, 7) is 6.06. The monoisotopic (exact) mass is 427 g/mol. The van der Waals surface area contributed by atoms with Crippen LogP contribution in [-0.2, 0) is 11.3 Å². The standard InChI is InChI=1S/C24H30ClN3O2/c1-30-23-9-7-22(8-10-23)27-12-14-28(15-13-27)24(29)20-5-3-11-26(18-20)17-19-4-2-6-21(25)16-19/h2,4,6-10,16,20H,3,5,11-15,17-18H2,1H3. The molecule has 1 atom stereocenters. The predicted molar refractivity (Wildman–Crippen MR) is 121 cm³/mol. The lowest BCUT2D eigenvalue weighted by molar-refractivity contribution is -0.137. The molecule has 2 aromatic carbocycles. The van der Waals surface area contributed by atoms with Crippen LogP contribution in [0.25, 0.3) is 0 Å². The Kier molecular flexibility index (Phi) is 6.80. The quantitative estimate of drug-likeness (QED) is 0.724. The number of carbonyl (C=O) groups excluding carboxylic acids is 1. The van der Waals surface area contributed by atoms with E-state index in [4.69, 9.17) is 16.3 Å². The van der Waals surface area contributed by atoms with Crippen molar-refractivity contribution in [3.8, 4) is 5.75 Å². The van der Waals surface area contributed by atoms with E-state index < -0.39 is 0 Å². The molecule has 0 spiro atoms. The highest BCUT2D eigenvalue weighted by atomic mass is 35.5. The van der Waals surface area contributed by atoms with Crippen LogP contribution in [0.5, 0.6) is 5.75 Å². The number of ether oxygens (including phenoxy) is 1. The molecule has 2 saturated heterocycles. The SMILES string of the molecule is COc1ccc(N2CCN(C(=O)C3CCCN(Cc4cccc(Cl)c4)C3)CC2)cc1. The van der Waals surface area contributed by atoms with Gasteiger partial charge in [0.2, 0.25) is 5.91 Å². The molecule has 1 unspecified atom stereocenters. The molecule has 0 saturated carbocycles. The van der Waals surface area contributed by atoms with Crippen LogP contribution in [0.15, 0.2) is 48.5 Å². The maximum atomic E-state index is 13.2. The zero-order valence-corrected chi connectivity index (χ0v) is 18.4. The number of piperazine rings is 1. The zero-order chi connectivity index (χ0) is 20.9. The molecule has 0 aliphatic carbocycles. The van der Waals surface area contributed by atoms with Gasteiger partial charge in [-0.3, -0.25) is 9.69 Å². The molecule has 0 bridgehead atoms. The fourth-order valence-corrected chi connectivity index (χ4v) is 4.74. The van der Waals surface area contributed by atoms with Crippen molar-refractivity contribution in [2.75, 3.05) is 51.3 Å². The summed E-state index contributed by atoms with van der Waals surface area (Å²) in [5, 5.41) is 0.770. The second-order valence-corrected chi connectivity index (χ2v) is 8.65. The summed E-state index contributed by atoms with van der Waals surface area (Å²) in [6, 6.07) is 16.2. The number of rotatable bonds is 5. The van der Waals surface area contributed by atoms with E-state index >= 15 is 0 Å². The average molecular weight is 428 g/mol. The minimum Gasteiger partial charge on any atom is -0.497 e. The number of hydrogen-bond acceptors (Lipinski definition) is 4. The number of methoxy groups -OCH3 is 1. The summed E-state index contributed by atoms with van der Waals surface area (Å²) in [7, 11) is 1.68. The van der Waals surface area contributed by atoms with E-state index in [-0.39, 0.29) is 5.92 Å². The Morgan fingerprint density at radius 2 is 1.83 bits per heavy atom. The van der Waals surface area contributed by atoms with Crippen LogP contribution in [0, 0.1) is 5.92 Å². The Balaban J connectivity index is 1.30. The van der Waals surface area contributed by atoms with Gasteiger partial charge in [-0.1, -0.05) is 23.7 Å². The van der Waals surface area contributed by atoms with E-state index in [1.54, 1.807) is 7.11 Å². The van der Waals surface area contributed by atoms with Crippen molar-refractivity contribution < 1.29 is 9.53 Å². The van der Waals surface area contributed by atoms with Crippen molar-refractivity contribution in [1.29, 1.82) is 0 Å². The minimum atomic E-state index is 0.102. The van der Waals surface area contributed by atoms with Gasteiger partial charge in [-0.15, -0.1) is 0 Å². The Labute approximate surface area is 184 Å². The maximum Gasteiger partial charge on any atom is 0.227 e.